The zero-order chi connectivity index (χ0) is 15.5. The van der Waals surface area contributed by atoms with Crippen LogP contribution in [0.5, 0.6) is 0 Å². The quantitative estimate of drug-likeness (QED) is 0.850. The van der Waals surface area contributed by atoms with Crippen LogP contribution in [-0.4, -0.2) is 29.7 Å². The summed E-state index contributed by atoms with van der Waals surface area (Å²) in [4.78, 5) is 17.0. The lowest BCUT2D eigenvalue weighted by atomic mass is 10.0. The highest BCUT2D eigenvalue weighted by atomic mass is 32.1. The van der Waals surface area contributed by atoms with Gasteiger partial charge >= 0.3 is 0 Å². The van der Waals surface area contributed by atoms with Crippen molar-refractivity contribution in [3.8, 4) is 0 Å². The molecule has 2 N–H and O–H groups in total. The van der Waals surface area contributed by atoms with Crippen molar-refractivity contribution >= 4 is 17.2 Å². The molecule has 0 aliphatic rings. The molecule has 0 fully saturated rings. The smallest absolute Gasteiger partial charge is 0.263 e. The second-order valence-electron chi connectivity index (χ2n) is 4.89. The van der Waals surface area contributed by atoms with Crippen LogP contribution in [0.3, 0.4) is 0 Å². The number of carbonyl (C=O) groups is 1. The minimum Gasteiger partial charge on any atom is -0.466 e. The Hall–Kier alpha value is -1.70. The number of amides is 1. The molecular formula is C14H18N2O4S. The van der Waals surface area contributed by atoms with Crippen LogP contribution in [0.2, 0.25) is 0 Å². The summed E-state index contributed by atoms with van der Waals surface area (Å²) in [7, 11) is 1.58. The van der Waals surface area contributed by atoms with E-state index >= 15 is 0 Å². The maximum atomic E-state index is 12.2. The number of rotatable bonds is 6. The monoisotopic (exact) mass is 310 g/mol. The number of aromatic nitrogens is 1. The van der Waals surface area contributed by atoms with Gasteiger partial charge in [-0.15, -0.1) is 11.3 Å². The highest BCUT2D eigenvalue weighted by Gasteiger charge is 2.27. The Balaban J connectivity index is 2.02. The Morgan fingerprint density at radius 3 is 3.00 bits per heavy atom. The second-order valence-corrected chi connectivity index (χ2v) is 5.97. The van der Waals surface area contributed by atoms with E-state index in [0.717, 1.165) is 5.01 Å². The van der Waals surface area contributed by atoms with Gasteiger partial charge in [-0.2, -0.15) is 0 Å². The highest BCUT2D eigenvalue weighted by Crippen LogP contribution is 2.21. The molecule has 114 valence electrons. The van der Waals surface area contributed by atoms with E-state index in [1.165, 1.54) is 17.6 Å². The van der Waals surface area contributed by atoms with Gasteiger partial charge in [-0.1, -0.05) is 0 Å². The number of carbonyl (C=O) groups excluding carboxylic acids is 1. The van der Waals surface area contributed by atoms with Gasteiger partial charge in [-0.3, -0.25) is 4.79 Å². The molecule has 1 unspecified atom stereocenters. The van der Waals surface area contributed by atoms with Crippen LogP contribution >= 0.6 is 11.3 Å². The van der Waals surface area contributed by atoms with Crippen LogP contribution in [0, 0.1) is 6.92 Å². The fourth-order valence-electron chi connectivity index (χ4n) is 1.85. The molecule has 0 aromatic carbocycles. The Bertz CT molecular complexity index is 605. The molecule has 0 aliphatic heterocycles. The first-order valence-corrected chi connectivity index (χ1v) is 7.25. The molecular weight excluding hydrogens is 292 g/mol. The van der Waals surface area contributed by atoms with Gasteiger partial charge in [0, 0.05) is 7.11 Å². The molecule has 2 rings (SSSR count). The number of methoxy groups -OCH3 is 1. The van der Waals surface area contributed by atoms with Crippen LogP contribution < -0.4 is 5.32 Å². The third kappa shape index (κ3) is 3.69. The molecule has 2 aromatic rings. The standard InChI is InChI=1S/C14H18N2O4S/c1-9-12(21-11(16-9)7-19-3)13(17)15-8-14(2,18)10-5-4-6-20-10/h4-6,18H,7-8H2,1-3H3,(H,15,17). The van der Waals surface area contributed by atoms with Crippen LogP contribution in [-0.2, 0) is 16.9 Å². The van der Waals surface area contributed by atoms with Gasteiger partial charge in [-0.05, 0) is 26.0 Å². The summed E-state index contributed by atoms with van der Waals surface area (Å²) in [5, 5.41) is 13.7. The van der Waals surface area contributed by atoms with Gasteiger partial charge in [0.25, 0.3) is 5.91 Å². The number of thiazole rings is 1. The lowest BCUT2D eigenvalue weighted by molar-refractivity contribution is 0.0331. The van der Waals surface area contributed by atoms with Gasteiger partial charge < -0.3 is 19.6 Å². The normalized spacial score (nSPS) is 13.9. The van der Waals surface area contributed by atoms with Gasteiger partial charge in [0.2, 0.25) is 0 Å². The van der Waals surface area contributed by atoms with E-state index in [9.17, 15) is 9.90 Å². The number of ether oxygens (including phenoxy) is 1. The molecule has 2 aromatic heterocycles. The van der Waals surface area contributed by atoms with Crippen LogP contribution in [0.4, 0.5) is 0 Å². The first kappa shape index (κ1) is 15.7. The summed E-state index contributed by atoms with van der Waals surface area (Å²) in [6.07, 6.45) is 1.48. The minimum absolute atomic E-state index is 0.0519. The van der Waals surface area contributed by atoms with Crippen molar-refractivity contribution < 1.29 is 19.1 Å². The number of hydrogen-bond donors (Lipinski definition) is 2. The predicted octanol–water partition coefficient (Wildman–Crippen LogP) is 1.83. The van der Waals surface area contributed by atoms with E-state index < -0.39 is 5.60 Å². The molecule has 0 bridgehead atoms. The van der Waals surface area contributed by atoms with Crippen molar-refractivity contribution in [3.63, 3.8) is 0 Å². The largest absolute Gasteiger partial charge is 0.466 e. The van der Waals surface area contributed by atoms with Gasteiger partial charge in [0.05, 0.1) is 25.1 Å². The molecule has 0 radical (unpaired) electrons. The maximum absolute atomic E-state index is 12.2. The highest BCUT2D eigenvalue weighted by molar-refractivity contribution is 7.13. The molecule has 0 aliphatic carbocycles. The number of hydrogen-bond acceptors (Lipinski definition) is 6. The SMILES string of the molecule is COCc1nc(C)c(C(=O)NCC(C)(O)c2ccco2)s1. The van der Waals surface area contributed by atoms with E-state index in [-0.39, 0.29) is 12.5 Å². The molecule has 2 heterocycles. The van der Waals surface area contributed by atoms with E-state index in [4.69, 9.17) is 9.15 Å². The number of aliphatic hydroxyl groups is 1. The molecule has 0 saturated carbocycles. The number of nitrogens with one attached hydrogen (secondary N) is 1. The summed E-state index contributed by atoms with van der Waals surface area (Å²) in [6, 6.07) is 3.36. The van der Waals surface area contributed by atoms with Crippen LogP contribution in [0.25, 0.3) is 0 Å². The van der Waals surface area contributed by atoms with Gasteiger partial charge in [0.15, 0.2) is 0 Å². The topological polar surface area (TPSA) is 84.6 Å². The second kappa shape index (κ2) is 6.38. The maximum Gasteiger partial charge on any atom is 0.263 e. The molecule has 0 saturated heterocycles. The van der Waals surface area contributed by atoms with E-state index in [0.29, 0.717) is 22.9 Å². The van der Waals surface area contributed by atoms with Gasteiger partial charge in [-0.25, -0.2) is 4.98 Å². The van der Waals surface area contributed by atoms with Gasteiger partial charge in [0.1, 0.15) is 21.2 Å². The Morgan fingerprint density at radius 2 is 2.38 bits per heavy atom. The Morgan fingerprint density at radius 1 is 1.62 bits per heavy atom. The number of furan rings is 1. The lowest BCUT2D eigenvalue weighted by Gasteiger charge is -2.20. The fourth-order valence-corrected chi connectivity index (χ4v) is 2.81. The molecule has 6 nitrogen and oxygen atoms in total. The van der Waals surface area contributed by atoms with Crippen LogP contribution in [0.15, 0.2) is 22.8 Å². The Kier molecular flexibility index (Phi) is 4.76. The first-order chi connectivity index (χ1) is 9.94. The summed E-state index contributed by atoms with van der Waals surface area (Å²) in [6.45, 7) is 3.79. The van der Waals surface area contributed by atoms with Crippen molar-refractivity contribution in [1.82, 2.24) is 10.3 Å². The zero-order valence-electron chi connectivity index (χ0n) is 12.2. The number of nitrogens with zero attached hydrogens (tertiary/aromatic N) is 1. The fraction of sp³-hybridized carbons (Fsp3) is 0.429. The van der Waals surface area contributed by atoms with E-state index in [1.54, 1.807) is 33.1 Å². The molecule has 21 heavy (non-hydrogen) atoms. The predicted molar refractivity (Wildman–Crippen MR) is 78.2 cm³/mol. The van der Waals surface area contributed by atoms with Crippen molar-refractivity contribution in [3.05, 3.63) is 39.7 Å². The molecule has 7 heteroatoms. The van der Waals surface area contributed by atoms with Crippen molar-refractivity contribution in [1.29, 1.82) is 0 Å². The van der Waals surface area contributed by atoms with Crippen LogP contribution in [0.1, 0.15) is 33.1 Å². The zero-order valence-corrected chi connectivity index (χ0v) is 13.0. The molecule has 0 spiro atoms. The Labute approximate surface area is 126 Å². The first-order valence-electron chi connectivity index (χ1n) is 6.44. The van der Waals surface area contributed by atoms with E-state index in [1.807, 2.05) is 0 Å². The summed E-state index contributed by atoms with van der Waals surface area (Å²) in [5.41, 5.74) is -0.602. The average molecular weight is 310 g/mol. The van der Waals surface area contributed by atoms with E-state index in [2.05, 4.69) is 10.3 Å². The van der Waals surface area contributed by atoms with Crippen molar-refractivity contribution in [2.24, 2.45) is 0 Å². The summed E-state index contributed by atoms with van der Waals surface area (Å²) in [5.74, 6) is 0.142. The molecule has 1 atom stereocenters. The third-order valence-corrected chi connectivity index (χ3v) is 4.09. The van der Waals surface area contributed by atoms with Crippen molar-refractivity contribution in [2.45, 2.75) is 26.1 Å². The average Bonchev–Trinajstić information content (AvgIpc) is 3.06. The minimum atomic E-state index is -1.26. The lowest BCUT2D eigenvalue weighted by Crippen LogP contribution is -2.38. The number of aryl methyl sites for hydroxylation is 1. The molecule has 1 amide bonds. The van der Waals surface area contributed by atoms with Crippen molar-refractivity contribution in [2.75, 3.05) is 13.7 Å². The summed E-state index contributed by atoms with van der Waals surface area (Å²) >= 11 is 1.29. The third-order valence-electron chi connectivity index (χ3n) is 2.96. The summed E-state index contributed by atoms with van der Waals surface area (Å²) < 4.78 is 10.2.